The molecular weight excluding hydrogens is 358 g/mol. The topological polar surface area (TPSA) is 87.7 Å². The van der Waals surface area contributed by atoms with Crippen molar-refractivity contribution in [2.45, 2.75) is 25.4 Å². The van der Waals surface area contributed by atoms with Gasteiger partial charge in [0.2, 0.25) is 5.91 Å². The Hall–Kier alpha value is -3.35. The first-order chi connectivity index (χ1) is 13.6. The number of nitrogens with one attached hydrogen (secondary N) is 2. The second-order valence-electron chi connectivity index (χ2n) is 6.56. The lowest BCUT2D eigenvalue weighted by Gasteiger charge is -2.13. The molecule has 0 spiro atoms. The molecule has 1 atom stereocenters. The maximum absolute atomic E-state index is 12.5. The van der Waals surface area contributed by atoms with Crippen molar-refractivity contribution in [1.29, 1.82) is 0 Å². The van der Waals surface area contributed by atoms with Crippen LogP contribution in [0.2, 0.25) is 0 Å². The highest BCUT2D eigenvalue weighted by atomic mass is 16.5. The highest BCUT2D eigenvalue weighted by Crippen LogP contribution is 2.17. The molecule has 146 valence electrons. The van der Waals surface area contributed by atoms with Crippen molar-refractivity contribution in [2.75, 3.05) is 13.7 Å². The van der Waals surface area contributed by atoms with Crippen molar-refractivity contribution >= 4 is 17.8 Å². The zero-order valence-electron chi connectivity index (χ0n) is 15.7. The molecule has 0 radical (unpaired) electrons. The quantitative estimate of drug-likeness (QED) is 0.684. The fourth-order valence-electron chi connectivity index (χ4n) is 3.03. The summed E-state index contributed by atoms with van der Waals surface area (Å²) in [6.07, 6.45) is 0.639. The highest BCUT2D eigenvalue weighted by Gasteiger charge is 2.38. The second-order valence-corrected chi connectivity index (χ2v) is 6.56. The normalized spacial score (nSPS) is 16.0. The van der Waals surface area contributed by atoms with Crippen molar-refractivity contribution in [3.05, 3.63) is 65.7 Å². The first-order valence-corrected chi connectivity index (χ1v) is 9.12. The Labute approximate surface area is 163 Å². The van der Waals surface area contributed by atoms with Crippen LogP contribution >= 0.6 is 0 Å². The van der Waals surface area contributed by atoms with Crippen molar-refractivity contribution < 1.29 is 19.1 Å². The Morgan fingerprint density at radius 2 is 1.79 bits per heavy atom. The molecule has 7 nitrogen and oxygen atoms in total. The van der Waals surface area contributed by atoms with Gasteiger partial charge in [-0.3, -0.25) is 14.5 Å². The zero-order valence-corrected chi connectivity index (χ0v) is 15.7. The number of nitrogens with zero attached hydrogens (tertiary/aromatic N) is 1. The summed E-state index contributed by atoms with van der Waals surface area (Å²) in [5.74, 6) is 0.0471. The van der Waals surface area contributed by atoms with Crippen LogP contribution in [0.4, 0.5) is 4.79 Å². The minimum Gasteiger partial charge on any atom is -0.497 e. The molecule has 0 aromatic heterocycles. The van der Waals surface area contributed by atoms with E-state index in [-0.39, 0.29) is 24.8 Å². The molecule has 0 aliphatic carbocycles. The Morgan fingerprint density at radius 1 is 1.07 bits per heavy atom. The summed E-state index contributed by atoms with van der Waals surface area (Å²) in [5, 5.41) is 5.38. The van der Waals surface area contributed by atoms with E-state index >= 15 is 0 Å². The molecule has 2 N–H and O–H groups in total. The van der Waals surface area contributed by atoms with Gasteiger partial charge in [0.15, 0.2) is 0 Å². The van der Waals surface area contributed by atoms with Crippen LogP contribution in [0.25, 0.3) is 0 Å². The van der Waals surface area contributed by atoms with E-state index in [0.717, 1.165) is 16.0 Å². The van der Waals surface area contributed by atoms with Gasteiger partial charge in [-0.15, -0.1) is 0 Å². The second kappa shape index (κ2) is 9.03. The minimum atomic E-state index is -0.831. The molecule has 2 aromatic rings. The van der Waals surface area contributed by atoms with E-state index in [1.165, 1.54) is 0 Å². The van der Waals surface area contributed by atoms with Gasteiger partial charge in [-0.05, 0) is 29.7 Å². The van der Waals surface area contributed by atoms with Gasteiger partial charge in [0.05, 0.1) is 20.1 Å². The lowest BCUT2D eigenvalue weighted by atomic mass is 10.1. The van der Waals surface area contributed by atoms with Gasteiger partial charge in [-0.25, -0.2) is 4.79 Å². The van der Waals surface area contributed by atoms with E-state index in [9.17, 15) is 14.4 Å². The predicted octanol–water partition coefficient (Wildman–Crippen LogP) is 1.86. The Morgan fingerprint density at radius 3 is 2.46 bits per heavy atom. The smallest absolute Gasteiger partial charge is 0.325 e. The summed E-state index contributed by atoms with van der Waals surface area (Å²) in [4.78, 5) is 37.9. The summed E-state index contributed by atoms with van der Waals surface area (Å²) < 4.78 is 5.10. The van der Waals surface area contributed by atoms with Crippen molar-refractivity contribution in [3.8, 4) is 5.75 Å². The van der Waals surface area contributed by atoms with Crippen LogP contribution in [0.5, 0.6) is 5.75 Å². The number of methoxy groups -OCH3 is 1. The number of imide groups is 1. The Balaban J connectivity index is 1.49. The molecular formula is C21H23N3O4. The molecule has 1 aliphatic rings. The number of amides is 4. The minimum absolute atomic E-state index is 0.0710. The summed E-state index contributed by atoms with van der Waals surface area (Å²) in [7, 11) is 1.57. The lowest BCUT2D eigenvalue weighted by Crippen LogP contribution is -2.37. The number of urea groups is 1. The Kier molecular flexibility index (Phi) is 6.26. The van der Waals surface area contributed by atoms with E-state index in [2.05, 4.69) is 10.6 Å². The third-order valence-electron chi connectivity index (χ3n) is 4.57. The molecule has 3 rings (SSSR count). The fourth-order valence-corrected chi connectivity index (χ4v) is 3.03. The van der Waals surface area contributed by atoms with Gasteiger partial charge in [0.1, 0.15) is 11.8 Å². The largest absolute Gasteiger partial charge is 0.497 e. The summed E-state index contributed by atoms with van der Waals surface area (Å²) >= 11 is 0. The zero-order chi connectivity index (χ0) is 19.9. The molecule has 28 heavy (non-hydrogen) atoms. The van der Waals surface area contributed by atoms with Crippen molar-refractivity contribution in [3.63, 3.8) is 0 Å². The highest BCUT2D eigenvalue weighted by molar-refractivity contribution is 6.05. The van der Waals surface area contributed by atoms with Crippen LogP contribution < -0.4 is 15.4 Å². The molecule has 1 heterocycles. The average Bonchev–Trinajstić information content (AvgIpc) is 2.96. The fraction of sp³-hybridized carbons (Fsp3) is 0.286. The number of hydrogen-bond donors (Lipinski definition) is 2. The number of carbonyl (C=O) groups is 3. The van der Waals surface area contributed by atoms with E-state index in [0.29, 0.717) is 18.7 Å². The van der Waals surface area contributed by atoms with Gasteiger partial charge in [-0.2, -0.15) is 0 Å². The van der Waals surface area contributed by atoms with E-state index in [1.807, 2.05) is 30.3 Å². The van der Waals surface area contributed by atoms with E-state index in [4.69, 9.17) is 4.74 Å². The van der Waals surface area contributed by atoms with E-state index < -0.39 is 12.1 Å². The number of rotatable bonds is 8. The molecule has 0 bridgehead atoms. The molecule has 1 fully saturated rings. The SMILES string of the molecule is COc1ccc(CN2C(=O)NC(CC(=O)NCCc3ccccc3)C2=O)cc1. The maximum Gasteiger partial charge on any atom is 0.325 e. The molecule has 0 saturated carbocycles. The summed E-state index contributed by atoms with van der Waals surface area (Å²) in [5.41, 5.74) is 1.93. The standard InChI is InChI=1S/C21H23N3O4/c1-28-17-9-7-16(8-10-17)14-24-20(26)18(23-21(24)27)13-19(25)22-12-11-15-5-3-2-4-6-15/h2-10,18H,11-14H2,1H3,(H,22,25)(H,23,27). The van der Waals surface area contributed by atoms with Crippen LogP contribution in [-0.2, 0) is 22.6 Å². The van der Waals surface area contributed by atoms with Gasteiger partial charge in [-0.1, -0.05) is 42.5 Å². The molecule has 2 aromatic carbocycles. The van der Waals surface area contributed by atoms with E-state index in [1.54, 1.807) is 31.4 Å². The predicted molar refractivity (Wildman–Crippen MR) is 104 cm³/mol. The third kappa shape index (κ3) is 4.88. The monoisotopic (exact) mass is 381 g/mol. The number of benzene rings is 2. The van der Waals surface area contributed by atoms with Crippen molar-refractivity contribution in [2.24, 2.45) is 0 Å². The molecule has 1 unspecified atom stereocenters. The lowest BCUT2D eigenvalue weighted by molar-refractivity contribution is -0.131. The summed E-state index contributed by atoms with van der Waals surface area (Å²) in [6, 6.07) is 15.6. The molecule has 1 aliphatic heterocycles. The van der Waals surface area contributed by atoms with Gasteiger partial charge < -0.3 is 15.4 Å². The molecule has 7 heteroatoms. The molecule has 4 amide bonds. The van der Waals surface area contributed by atoms with Crippen LogP contribution in [0, 0.1) is 0 Å². The first-order valence-electron chi connectivity index (χ1n) is 9.12. The van der Waals surface area contributed by atoms with Gasteiger partial charge >= 0.3 is 6.03 Å². The van der Waals surface area contributed by atoms with Crippen molar-refractivity contribution in [1.82, 2.24) is 15.5 Å². The van der Waals surface area contributed by atoms with Crippen LogP contribution in [0.3, 0.4) is 0 Å². The number of hydrogen-bond acceptors (Lipinski definition) is 4. The number of ether oxygens (including phenoxy) is 1. The van der Waals surface area contributed by atoms with Crippen LogP contribution in [0.1, 0.15) is 17.5 Å². The van der Waals surface area contributed by atoms with Gasteiger partial charge in [0.25, 0.3) is 5.91 Å². The number of carbonyl (C=O) groups excluding carboxylic acids is 3. The van der Waals surface area contributed by atoms with Crippen LogP contribution in [0.15, 0.2) is 54.6 Å². The first kappa shape index (κ1) is 19.4. The van der Waals surface area contributed by atoms with Crippen LogP contribution in [-0.4, -0.2) is 42.4 Å². The summed E-state index contributed by atoms with van der Waals surface area (Å²) in [6.45, 7) is 0.633. The average molecular weight is 381 g/mol. The third-order valence-corrected chi connectivity index (χ3v) is 4.57. The van der Waals surface area contributed by atoms with Gasteiger partial charge in [0, 0.05) is 6.54 Å². The molecule has 1 saturated heterocycles. The maximum atomic E-state index is 12.5. The Bertz CT molecular complexity index is 836.